The van der Waals surface area contributed by atoms with Gasteiger partial charge in [0.2, 0.25) is 0 Å². The molecule has 0 spiro atoms. The van der Waals surface area contributed by atoms with Crippen molar-refractivity contribution < 1.29 is 9.47 Å². The highest BCUT2D eigenvalue weighted by atomic mass is 16.7. The van der Waals surface area contributed by atoms with Crippen LogP contribution in [0.25, 0.3) is 0 Å². The molecule has 1 N–H and O–H groups in total. The zero-order valence-corrected chi connectivity index (χ0v) is 10.1. The Morgan fingerprint density at radius 2 is 1.80 bits per heavy atom. The second-order valence-corrected chi connectivity index (χ2v) is 3.25. The van der Waals surface area contributed by atoms with Crippen LogP contribution in [0.2, 0.25) is 0 Å². The van der Waals surface area contributed by atoms with Crippen LogP contribution in [0.3, 0.4) is 0 Å². The molecule has 1 unspecified atom stereocenters. The molecule has 0 aromatic carbocycles. The molecule has 0 aromatic heterocycles. The van der Waals surface area contributed by atoms with Gasteiger partial charge in [-0.15, -0.1) is 12.3 Å². The second kappa shape index (κ2) is 9.97. The molecule has 0 saturated carbocycles. The molecule has 0 heterocycles. The summed E-state index contributed by atoms with van der Waals surface area (Å²) in [6, 6.07) is 0.0925. The Morgan fingerprint density at radius 3 is 2.20 bits per heavy atom. The first-order valence-electron chi connectivity index (χ1n) is 5.70. The Hall–Kier alpha value is -0.560. The fourth-order valence-corrected chi connectivity index (χ4v) is 1.33. The summed E-state index contributed by atoms with van der Waals surface area (Å²) >= 11 is 0. The van der Waals surface area contributed by atoms with Gasteiger partial charge in [0.1, 0.15) is 0 Å². The minimum absolute atomic E-state index is 0.0925. The van der Waals surface area contributed by atoms with Crippen molar-refractivity contribution in [3.05, 3.63) is 0 Å². The van der Waals surface area contributed by atoms with Gasteiger partial charge in [0.15, 0.2) is 6.29 Å². The molecule has 15 heavy (non-hydrogen) atoms. The van der Waals surface area contributed by atoms with Crippen molar-refractivity contribution in [3.63, 3.8) is 0 Å². The lowest BCUT2D eigenvalue weighted by Crippen LogP contribution is -2.43. The Morgan fingerprint density at radius 1 is 1.20 bits per heavy atom. The molecule has 3 nitrogen and oxygen atoms in total. The van der Waals surface area contributed by atoms with Crippen LogP contribution in [0.1, 0.15) is 33.6 Å². The molecule has 0 fully saturated rings. The summed E-state index contributed by atoms with van der Waals surface area (Å²) in [5.74, 6) is 2.65. The van der Waals surface area contributed by atoms with Gasteiger partial charge < -0.3 is 14.8 Å². The molecule has 0 bridgehead atoms. The summed E-state index contributed by atoms with van der Waals surface area (Å²) in [6.07, 6.45) is 6.80. The molecule has 3 heteroatoms. The first kappa shape index (κ1) is 14.4. The third-order valence-corrected chi connectivity index (χ3v) is 1.98. The van der Waals surface area contributed by atoms with E-state index in [2.05, 4.69) is 18.2 Å². The Labute approximate surface area is 93.5 Å². The molecule has 1 atom stereocenters. The van der Waals surface area contributed by atoms with E-state index in [1.165, 1.54) is 0 Å². The molecule has 0 aliphatic carbocycles. The average molecular weight is 213 g/mol. The van der Waals surface area contributed by atoms with Gasteiger partial charge >= 0.3 is 0 Å². The molecule has 0 aliphatic rings. The molecule has 0 aromatic rings. The first-order chi connectivity index (χ1) is 7.29. The van der Waals surface area contributed by atoms with Gasteiger partial charge in [0.05, 0.1) is 6.04 Å². The van der Waals surface area contributed by atoms with Crippen LogP contribution in [0.15, 0.2) is 0 Å². The molecule has 0 aliphatic heterocycles. The maximum Gasteiger partial charge on any atom is 0.173 e. The number of hydrogen-bond acceptors (Lipinski definition) is 3. The number of terminal acetylenes is 1. The van der Waals surface area contributed by atoms with E-state index in [1.807, 2.05) is 13.8 Å². The molecule has 0 saturated heterocycles. The monoisotopic (exact) mass is 213 g/mol. The quantitative estimate of drug-likeness (QED) is 0.468. The summed E-state index contributed by atoms with van der Waals surface area (Å²) in [4.78, 5) is 0. The van der Waals surface area contributed by atoms with Crippen LogP contribution in [0.4, 0.5) is 0 Å². The Bertz CT molecular complexity index is 171. The van der Waals surface area contributed by atoms with E-state index in [1.54, 1.807) is 0 Å². The van der Waals surface area contributed by atoms with E-state index in [9.17, 15) is 0 Å². The van der Waals surface area contributed by atoms with Gasteiger partial charge in [-0.3, -0.25) is 0 Å². The van der Waals surface area contributed by atoms with Crippen molar-refractivity contribution in [1.82, 2.24) is 5.32 Å². The Balaban J connectivity index is 4.17. The number of ether oxygens (including phenoxy) is 2. The van der Waals surface area contributed by atoms with Gasteiger partial charge in [-0.2, -0.15) is 0 Å². The van der Waals surface area contributed by atoms with Crippen LogP contribution in [-0.4, -0.2) is 32.1 Å². The highest BCUT2D eigenvalue weighted by Gasteiger charge is 2.20. The third kappa shape index (κ3) is 6.51. The van der Waals surface area contributed by atoms with Crippen molar-refractivity contribution in [3.8, 4) is 12.3 Å². The molecule has 0 radical (unpaired) electrons. The molecule has 0 rings (SSSR count). The van der Waals surface area contributed by atoms with E-state index in [-0.39, 0.29) is 12.3 Å². The summed E-state index contributed by atoms with van der Waals surface area (Å²) in [5.41, 5.74) is 0. The smallest absolute Gasteiger partial charge is 0.173 e. The van der Waals surface area contributed by atoms with E-state index < -0.39 is 0 Å². The highest BCUT2D eigenvalue weighted by Crippen LogP contribution is 2.06. The van der Waals surface area contributed by atoms with Crippen molar-refractivity contribution in [2.75, 3.05) is 19.8 Å². The first-order valence-corrected chi connectivity index (χ1v) is 5.70. The van der Waals surface area contributed by atoms with Crippen LogP contribution in [-0.2, 0) is 9.47 Å². The number of nitrogens with one attached hydrogen (secondary N) is 1. The predicted molar refractivity (Wildman–Crippen MR) is 62.6 cm³/mol. The standard InChI is InChI=1S/C12H23NO2/c1-5-9-11(13-10-6-2)12(14-7-3)15-8-4/h1,11-13H,6-10H2,2-4H3. The lowest BCUT2D eigenvalue weighted by atomic mass is 10.2. The zero-order valence-electron chi connectivity index (χ0n) is 10.1. The van der Waals surface area contributed by atoms with Crippen molar-refractivity contribution in [2.45, 2.75) is 45.9 Å². The summed E-state index contributed by atoms with van der Waals surface area (Å²) in [5, 5.41) is 3.35. The topological polar surface area (TPSA) is 30.5 Å². The normalized spacial score (nSPS) is 12.7. The average Bonchev–Trinajstić information content (AvgIpc) is 2.24. The van der Waals surface area contributed by atoms with Gasteiger partial charge in [-0.25, -0.2) is 0 Å². The minimum Gasteiger partial charge on any atom is -0.351 e. The molecular weight excluding hydrogens is 190 g/mol. The van der Waals surface area contributed by atoms with Crippen molar-refractivity contribution in [2.24, 2.45) is 0 Å². The number of hydrogen-bond donors (Lipinski definition) is 1. The minimum atomic E-state index is -0.234. The maximum absolute atomic E-state index is 5.51. The van der Waals surface area contributed by atoms with Gasteiger partial charge in [0, 0.05) is 19.6 Å². The SMILES string of the molecule is C#CCC(NCCC)C(OCC)OCC. The molecule has 0 amide bonds. The van der Waals surface area contributed by atoms with Crippen LogP contribution in [0.5, 0.6) is 0 Å². The van der Waals surface area contributed by atoms with Crippen LogP contribution >= 0.6 is 0 Å². The second-order valence-electron chi connectivity index (χ2n) is 3.25. The van der Waals surface area contributed by atoms with Crippen molar-refractivity contribution >= 4 is 0 Å². The fraction of sp³-hybridized carbons (Fsp3) is 0.833. The van der Waals surface area contributed by atoms with Gasteiger partial charge in [-0.05, 0) is 26.8 Å². The summed E-state index contributed by atoms with van der Waals surface area (Å²) in [7, 11) is 0. The number of rotatable bonds is 9. The van der Waals surface area contributed by atoms with Crippen LogP contribution < -0.4 is 5.32 Å². The van der Waals surface area contributed by atoms with E-state index >= 15 is 0 Å². The van der Waals surface area contributed by atoms with E-state index in [4.69, 9.17) is 15.9 Å². The largest absolute Gasteiger partial charge is 0.351 e. The molecule has 88 valence electrons. The van der Waals surface area contributed by atoms with Crippen molar-refractivity contribution in [1.29, 1.82) is 0 Å². The lowest BCUT2D eigenvalue weighted by molar-refractivity contribution is -0.153. The van der Waals surface area contributed by atoms with E-state index in [0.717, 1.165) is 13.0 Å². The fourth-order valence-electron chi connectivity index (χ4n) is 1.33. The highest BCUT2D eigenvalue weighted by molar-refractivity contribution is 4.91. The van der Waals surface area contributed by atoms with Gasteiger partial charge in [0.25, 0.3) is 0 Å². The summed E-state index contributed by atoms with van der Waals surface area (Å²) < 4.78 is 11.0. The van der Waals surface area contributed by atoms with E-state index in [0.29, 0.717) is 19.6 Å². The maximum atomic E-state index is 5.51. The lowest BCUT2D eigenvalue weighted by Gasteiger charge is -2.26. The predicted octanol–water partition coefficient (Wildman–Crippen LogP) is 1.78. The zero-order chi connectivity index (χ0) is 11.5. The molecular formula is C12H23NO2. The van der Waals surface area contributed by atoms with Gasteiger partial charge in [-0.1, -0.05) is 6.92 Å². The Kier molecular flexibility index (Phi) is 9.60. The van der Waals surface area contributed by atoms with Crippen LogP contribution in [0, 0.1) is 12.3 Å². The third-order valence-electron chi connectivity index (χ3n) is 1.98. The summed E-state index contributed by atoms with van der Waals surface area (Å²) in [6.45, 7) is 8.25.